The quantitative estimate of drug-likeness (QED) is 0.885. The monoisotopic (exact) mass is 316 g/mol. The number of carbonyl (C=O) groups excluding carboxylic acids is 1. The van der Waals surface area contributed by atoms with Gasteiger partial charge in [0.05, 0.1) is 7.11 Å². The molecule has 2 heterocycles. The molecule has 1 aromatic carbocycles. The molecule has 1 amide bonds. The van der Waals surface area contributed by atoms with E-state index in [0.717, 1.165) is 24.0 Å². The highest BCUT2D eigenvalue weighted by atomic mass is 16.5. The average molecular weight is 316 g/mol. The number of para-hydroxylation sites is 1. The van der Waals surface area contributed by atoms with E-state index in [1.807, 2.05) is 18.2 Å². The summed E-state index contributed by atoms with van der Waals surface area (Å²) in [6, 6.07) is 5.60. The third-order valence-corrected chi connectivity index (χ3v) is 4.60. The van der Waals surface area contributed by atoms with Crippen LogP contribution in [0.1, 0.15) is 30.3 Å². The number of nitrogens with zero attached hydrogens (tertiary/aromatic N) is 2. The van der Waals surface area contributed by atoms with Crippen LogP contribution >= 0.6 is 0 Å². The molecular formula is C17H24N4O2. The number of methoxy groups -OCH3 is 1. The number of piperidine rings is 1. The molecule has 0 spiro atoms. The molecule has 6 nitrogen and oxygen atoms in total. The maximum Gasteiger partial charge on any atom is 0.272 e. The number of aromatic amines is 1. The molecule has 2 N–H and O–H groups in total. The number of H-pyrrole nitrogens is 1. The van der Waals surface area contributed by atoms with E-state index in [0.29, 0.717) is 23.9 Å². The second-order valence-corrected chi connectivity index (χ2v) is 6.07. The Kier molecular flexibility index (Phi) is 4.81. The van der Waals surface area contributed by atoms with Crippen LogP contribution in [0.4, 0.5) is 0 Å². The van der Waals surface area contributed by atoms with Gasteiger partial charge in [-0.3, -0.25) is 9.89 Å². The molecule has 0 saturated carbocycles. The molecule has 23 heavy (non-hydrogen) atoms. The first-order chi connectivity index (χ1) is 11.2. The molecule has 1 aliphatic rings. The van der Waals surface area contributed by atoms with Crippen LogP contribution < -0.4 is 10.1 Å². The summed E-state index contributed by atoms with van der Waals surface area (Å²) in [5.74, 6) is 1.09. The Labute approximate surface area is 136 Å². The summed E-state index contributed by atoms with van der Waals surface area (Å²) in [6.07, 6.45) is 2.38. The Bertz CT molecular complexity index is 682. The van der Waals surface area contributed by atoms with Crippen LogP contribution in [0.2, 0.25) is 0 Å². The summed E-state index contributed by atoms with van der Waals surface area (Å²) >= 11 is 0. The smallest absolute Gasteiger partial charge is 0.272 e. The highest BCUT2D eigenvalue weighted by Crippen LogP contribution is 2.25. The Morgan fingerprint density at radius 3 is 3.17 bits per heavy atom. The molecule has 6 heteroatoms. The number of rotatable bonds is 5. The molecule has 0 bridgehead atoms. The Morgan fingerprint density at radius 2 is 2.39 bits per heavy atom. The van der Waals surface area contributed by atoms with Crippen molar-refractivity contribution in [2.75, 3.05) is 33.3 Å². The van der Waals surface area contributed by atoms with Crippen LogP contribution in [0, 0.1) is 5.92 Å². The summed E-state index contributed by atoms with van der Waals surface area (Å²) in [5.41, 5.74) is 1.19. The van der Waals surface area contributed by atoms with E-state index in [1.165, 1.54) is 19.4 Å². The fraction of sp³-hybridized carbons (Fsp3) is 0.529. The first-order valence-corrected chi connectivity index (χ1v) is 8.24. The first-order valence-electron chi connectivity index (χ1n) is 8.24. The number of aromatic nitrogens is 2. The maximum absolute atomic E-state index is 12.5. The Balaban J connectivity index is 1.67. The zero-order valence-electron chi connectivity index (χ0n) is 13.8. The zero-order valence-corrected chi connectivity index (χ0v) is 13.8. The number of hydrogen-bond donors (Lipinski definition) is 2. The molecule has 0 aliphatic carbocycles. The predicted molar refractivity (Wildman–Crippen MR) is 89.8 cm³/mol. The first kappa shape index (κ1) is 15.8. The van der Waals surface area contributed by atoms with E-state index in [1.54, 1.807) is 7.11 Å². The lowest BCUT2D eigenvalue weighted by molar-refractivity contribution is 0.0930. The van der Waals surface area contributed by atoms with E-state index in [4.69, 9.17) is 4.74 Å². The van der Waals surface area contributed by atoms with E-state index >= 15 is 0 Å². The Morgan fingerprint density at radius 1 is 1.52 bits per heavy atom. The molecule has 1 saturated heterocycles. The number of carbonyl (C=O) groups is 1. The van der Waals surface area contributed by atoms with Crippen molar-refractivity contribution in [1.29, 1.82) is 0 Å². The van der Waals surface area contributed by atoms with Gasteiger partial charge in [0.25, 0.3) is 5.91 Å². The van der Waals surface area contributed by atoms with Gasteiger partial charge < -0.3 is 15.0 Å². The van der Waals surface area contributed by atoms with Crippen molar-refractivity contribution in [3.8, 4) is 5.75 Å². The van der Waals surface area contributed by atoms with Crippen molar-refractivity contribution in [3.05, 3.63) is 23.9 Å². The Hall–Kier alpha value is -2.08. The van der Waals surface area contributed by atoms with Crippen molar-refractivity contribution in [3.63, 3.8) is 0 Å². The third-order valence-electron chi connectivity index (χ3n) is 4.60. The number of ether oxygens (including phenoxy) is 1. The van der Waals surface area contributed by atoms with Gasteiger partial charge in [-0.05, 0) is 37.9 Å². The minimum absolute atomic E-state index is 0.127. The lowest BCUT2D eigenvalue weighted by atomic mass is 9.98. The number of likely N-dealkylation sites (tertiary alicyclic amines) is 1. The van der Waals surface area contributed by atoms with Gasteiger partial charge in [-0.25, -0.2) is 0 Å². The van der Waals surface area contributed by atoms with Crippen LogP contribution in [-0.4, -0.2) is 54.3 Å². The summed E-state index contributed by atoms with van der Waals surface area (Å²) < 4.78 is 5.29. The standard InChI is InChI=1S/C17H24N4O2/c1-3-21-9-5-6-12(11-21)10-18-17(22)16-13-7-4-8-14(23-2)15(13)19-20-16/h4,7-8,12H,3,5-6,9-11H2,1-2H3,(H,18,22)(H,19,20). The van der Waals surface area contributed by atoms with Crippen molar-refractivity contribution in [1.82, 2.24) is 20.4 Å². The highest BCUT2D eigenvalue weighted by molar-refractivity contribution is 6.05. The second-order valence-electron chi connectivity index (χ2n) is 6.07. The number of benzene rings is 1. The fourth-order valence-electron chi connectivity index (χ4n) is 3.28. The van der Waals surface area contributed by atoms with Crippen molar-refractivity contribution < 1.29 is 9.53 Å². The summed E-state index contributed by atoms with van der Waals surface area (Å²) in [7, 11) is 1.61. The van der Waals surface area contributed by atoms with Crippen LogP contribution in [-0.2, 0) is 0 Å². The van der Waals surface area contributed by atoms with Gasteiger partial charge in [-0.15, -0.1) is 0 Å². The van der Waals surface area contributed by atoms with Gasteiger partial charge in [0.1, 0.15) is 11.3 Å². The van der Waals surface area contributed by atoms with Crippen LogP contribution in [0.15, 0.2) is 18.2 Å². The van der Waals surface area contributed by atoms with Gasteiger partial charge in [-0.2, -0.15) is 5.10 Å². The molecule has 0 radical (unpaired) electrons. The zero-order chi connectivity index (χ0) is 16.2. The predicted octanol–water partition coefficient (Wildman–Crippen LogP) is 2.03. The van der Waals surface area contributed by atoms with E-state index < -0.39 is 0 Å². The molecule has 1 unspecified atom stereocenters. The third kappa shape index (κ3) is 3.32. The number of amides is 1. The van der Waals surface area contributed by atoms with Gasteiger partial charge in [0.2, 0.25) is 0 Å². The normalized spacial score (nSPS) is 19.0. The largest absolute Gasteiger partial charge is 0.494 e. The SMILES string of the molecule is CCN1CCCC(CNC(=O)c2n[nH]c3c(OC)cccc23)C1. The highest BCUT2D eigenvalue weighted by Gasteiger charge is 2.21. The van der Waals surface area contributed by atoms with Crippen molar-refractivity contribution >= 4 is 16.8 Å². The van der Waals surface area contributed by atoms with Gasteiger partial charge in [-0.1, -0.05) is 19.1 Å². The van der Waals surface area contributed by atoms with E-state index in [2.05, 4.69) is 27.3 Å². The lowest BCUT2D eigenvalue weighted by Crippen LogP contribution is -2.40. The van der Waals surface area contributed by atoms with Crippen LogP contribution in [0.25, 0.3) is 10.9 Å². The molecule has 124 valence electrons. The summed E-state index contributed by atoms with van der Waals surface area (Å²) in [5, 5.41) is 10.9. The van der Waals surface area contributed by atoms with Crippen molar-refractivity contribution in [2.45, 2.75) is 19.8 Å². The minimum Gasteiger partial charge on any atom is -0.494 e. The second kappa shape index (κ2) is 7.00. The number of fused-ring (bicyclic) bond motifs is 1. The average Bonchev–Trinajstić information content (AvgIpc) is 3.04. The van der Waals surface area contributed by atoms with E-state index in [9.17, 15) is 4.79 Å². The maximum atomic E-state index is 12.5. The fourth-order valence-corrected chi connectivity index (χ4v) is 3.28. The van der Waals surface area contributed by atoms with Crippen LogP contribution in [0.3, 0.4) is 0 Å². The molecule has 1 fully saturated rings. The minimum atomic E-state index is -0.127. The molecule has 2 aromatic rings. The van der Waals surface area contributed by atoms with Crippen molar-refractivity contribution in [2.24, 2.45) is 5.92 Å². The molecule has 3 rings (SSSR count). The van der Waals surface area contributed by atoms with Gasteiger partial charge >= 0.3 is 0 Å². The van der Waals surface area contributed by atoms with Gasteiger partial charge in [0.15, 0.2) is 5.69 Å². The molecular weight excluding hydrogens is 292 g/mol. The van der Waals surface area contributed by atoms with E-state index in [-0.39, 0.29) is 5.91 Å². The summed E-state index contributed by atoms with van der Waals surface area (Å²) in [4.78, 5) is 14.9. The van der Waals surface area contributed by atoms with Crippen LogP contribution in [0.5, 0.6) is 5.75 Å². The topological polar surface area (TPSA) is 70.2 Å². The lowest BCUT2D eigenvalue weighted by Gasteiger charge is -2.31. The number of hydrogen-bond acceptors (Lipinski definition) is 4. The van der Waals surface area contributed by atoms with Gasteiger partial charge in [0, 0.05) is 18.5 Å². The molecule has 1 aliphatic heterocycles. The molecule has 1 atom stereocenters. The molecule has 1 aromatic heterocycles. The summed E-state index contributed by atoms with van der Waals surface area (Å²) in [6.45, 7) is 6.20. The number of nitrogens with one attached hydrogen (secondary N) is 2.